The first kappa shape index (κ1) is 23.1. The van der Waals surface area contributed by atoms with Gasteiger partial charge in [-0.3, -0.25) is 0 Å². The van der Waals surface area contributed by atoms with E-state index in [9.17, 15) is 40.9 Å². The van der Waals surface area contributed by atoms with Crippen LogP contribution < -0.4 is 9.47 Å². The molecule has 12 nitrogen and oxygen atoms in total. The predicted molar refractivity (Wildman–Crippen MR) is 95.2 cm³/mol. The van der Waals surface area contributed by atoms with Gasteiger partial charge in [0.1, 0.15) is 60.3 Å². The number of hydrogen-bond acceptors (Lipinski definition) is 12. The van der Waals surface area contributed by atoms with E-state index in [4.69, 9.17) is 18.9 Å². The highest BCUT2D eigenvalue weighted by atomic mass is 16.7. The second-order valence-electron chi connectivity index (χ2n) is 7.10. The minimum absolute atomic E-state index is 0.195. The summed E-state index contributed by atoms with van der Waals surface area (Å²) in [7, 11) is 0. The maximum Gasteiger partial charge on any atom is 0.229 e. The molecule has 2 fully saturated rings. The van der Waals surface area contributed by atoms with Gasteiger partial charge in [-0.25, -0.2) is 0 Å². The Kier molecular flexibility index (Phi) is 7.47. The van der Waals surface area contributed by atoms with Gasteiger partial charge in [0.25, 0.3) is 0 Å². The lowest BCUT2D eigenvalue weighted by atomic mass is 9.99. The van der Waals surface area contributed by atoms with Crippen molar-refractivity contribution in [3.63, 3.8) is 0 Å². The molecule has 0 bridgehead atoms. The Morgan fingerprint density at radius 1 is 0.567 bits per heavy atom. The summed E-state index contributed by atoms with van der Waals surface area (Å²) in [6.45, 7) is -1.17. The highest BCUT2D eigenvalue weighted by molar-refractivity contribution is 5.31. The average molecular weight is 434 g/mol. The Morgan fingerprint density at radius 2 is 0.900 bits per heavy atom. The molecule has 10 atom stereocenters. The highest BCUT2D eigenvalue weighted by Gasteiger charge is 2.45. The first-order valence-electron chi connectivity index (χ1n) is 9.31. The molecule has 0 radical (unpaired) electrons. The third kappa shape index (κ3) is 4.68. The van der Waals surface area contributed by atoms with Gasteiger partial charge >= 0.3 is 0 Å². The Morgan fingerprint density at radius 3 is 1.20 bits per heavy atom. The van der Waals surface area contributed by atoms with Crippen molar-refractivity contribution in [2.45, 2.75) is 61.4 Å². The fraction of sp³-hybridized carbons (Fsp3) is 0.667. The van der Waals surface area contributed by atoms with Crippen LogP contribution in [-0.4, -0.2) is 115 Å². The molecule has 3 rings (SSSR count). The zero-order valence-electron chi connectivity index (χ0n) is 15.7. The van der Waals surface area contributed by atoms with Crippen LogP contribution in [-0.2, 0) is 9.47 Å². The molecule has 0 spiro atoms. The molecule has 1 aromatic rings. The maximum absolute atomic E-state index is 10.0. The summed E-state index contributed by atoms with van der Waals surface area (Å²) in [5, 5.41) is 77.6. The molecule has 0 saturated carbocycles. The van der Waals surface area contributed by atoms with E-state index in [2.05, 4.69) is 0 Å². The summed E-state index contributed by atoms with van der Waals surface area (Å²) >= 11 is 0. The molecule has 0 amide bonds. The molecule has 2 aliphatic rings. The number of ether oxygens (including phenoxy) is 4. The van der Waals surface area contributed by atoms with Gasteiger partial charge in [0.05, 0.1) is 13.2 Å². The number of rotatable bonds is 6. The summed E-state index contributed by atoms with van der Waals surface area (Å²) in [6.07, 6.45) is -14.2. The Hall–Kier alpha value is -1.58. The summed E-state index contributed by atoms with van der Waals surface area (Å²) < 4.78 is 21.4. The Labute approximate surface area is 171 Å². The van der Waals surface area contributed by atoms with Gasteiger partial charge in [0.15, 0.2) is 0 Å². The normalized spacial score (nSPS) is 42.0. The summed E-state index contributed by atoms with van der Waals surface area (Å²) in [5.74, 6) is 0.390. The van der Waals surface area contributed by atoms with Crippen LogP contribution in [0.3, 0.4) is 0 Å². The van der Waals surface area contributed by atoms with Crippen molar-refractivity contribution in [2.75, 3.05) is 13.2 Å². The minimum Gasteiger partial charge on any atom is -0.462 e. The van der Waals surface area contributed by atoms with Crippen LogP contribution in [0.4, 0.5) is 0 Å². The molecule has 12 heteroatoms. The second kappa shape index (κ2) is 9.70. The molecule has 0 aromatic heterocycles. The fourth-order valence-corrected chi connectivity index (χ4v) is 3.19. The van der Waals surface area contributed by atoms with Crippen molar-refractivity contribution < 1.29 is 59.8 Å². The van der Waals surface area contributed by atoms with Crippen LogP contribution >= 0.6 is 0 Å². The minimum atomic E-state index is -1.57. The molecule has 170 valence electrons. The lowest BCUT2D eigenvalue weighted by molar-refractivity contribution is -0.278. The quantitative estimate of drug-likeness (QED) is 0.216. The van der Waals surface area contributed by atoms with Crippen LogP contribution in [0.25, 0.3) is 0 Å². The van der Waals surface area contributed by atoms with Crippen LogP contribution in [0.5, 0.6) is 11.5 Å². The predicted octanol–water partition coefficient (Wildman–Crippen LogP) is -3.96. The van der Waals surface area contributed by atoms with E-state index in [0.717, 1.165) is 0 Å². The lowest BCUT2D eigenvalue weighted by Crippen LogP contribution is -2.60. The standard InChI is InChI=1S/C18H26O12/c19-5-9-11(21)13(23)15(25)17(29-9)27-7-1-2-8(4-3-7)28-18-16(26)14(24)12(22)10(6-20)30-18/h1-4,9-26H,5-6H2. The number of benzene rings is 1. The van der Waals surface area contributed by atoms with E-state index >= 15 is 0 Å². The zero-order valence-corrected chi connectivity index (χ0v) is 15.7. The topological polar surface area (TPSA) is 199 Å². The Balaban J connectivity index is 1.62. The van der Waals surface area contributed by atoms with Gasteiger partial charge in [-0.15, -0.1) is 0 Å². The van der Waals surface area contributed by atoms with Gasteiger partial charge in [0.2, 0.25) is 12.6 Å². The maximum atomic E-state index is 10.0. The third-order valence-electron chi connectivity index (χ3n) is 5.03. The van der Waals surface area contributed by atoms with E-state index in [1.807, 2.05) is 0 Å². The van der Waals surface area contributed by atoms with E-state index in [1.165, 1.54) is 24.3 Å². The third-order valence-corrected chi connectivity index (χ3v) is 5.03. The van der Waals surface area contributed by atoms with E-state index in [-0.39, 0.29) is 11.5 Å². The second-order valence-corrected chi connectivity index (χ2v) is 7.10. The number of hydrogen-bond donors (Lipinski definition) is 8. The van der Waals surface area contributed by atoms with Crippen molar-refractivity contribution >= 4 is 0 Å². The molecule has 10 unspecified atom stereocenters. The molecule has 0 aliphatic carbocycles. The van der Waals surface area contributed by atoms with Crippen molar-refractivity contribution in [2.24, 2.45) is 0 Å². The van der Waals surface area contributed by atoms with Crippen LogP contribution in [0.1, 0.15) is 0 Å². The monoisotopic (exact) mass is 434 g/mol. The van der Waals surface area contributed by atoms with Gasteiger partial charge in [-0.2, -0.15) is 0 Å². The average Bonchev–Trinajstić information content (AvgIpc) is 2.75. The van der Waals surface area contributed by atoms with Crippen LogP contribution in [0.15, 0.2) is 24.3 Å². The van der Waals surface area contributed by atoms with E-state index in [0.29, 0.717) is 0 Å². The first-order valence-corrected chi connectivity index (χ1v) is 9.31. The van der Waals surface area contributed by atoms with Crippen LogP contribution in [0.2, 0.25) is 0 Å². The summed E-state index contributed by atoms with van der Waals surface area (Å²) in [4.78, 5) is 0. The zero-order chi connectivity index (χ0) is 22.0. The molecular formula is C18H26O12. The largest absolute Gasteiger partial charge is 0.462 e. The number of aliphatic hydroxyl groups excluding tert-OH is 8. The molecular weight excluding hydrogens is 408 g/mol. The van der Waals surface area contributed by atoms with Crippen molar-refractivity contribution in [1.29, 1.82) is 0 Å². The SMILES string of the molecule is OCC1OC(Oc2ccc(OC3OC(CO)C(O)C(O)C3O)cc2)C(O)C(O)C1O. The van der Waals surface area contributed by atoms with Gasteiger partial charge in [0, 0.05) is 0 Å². The van der Waals surface area contributed by atoms with Gasteiger partial charge in [-0.05, 0) is 24.3 Å². The fourth-order valence-electron chi connectivity index (χ4n) is 3.19. The molecule has 2 heterocycles. The molecule has 30 heavy (non-hydrogen) atoms. The van der Waals surface area contributed by atoms with Gasteiger partial charge in [-0.1, -0.05) is 0 Å². The summed E-state index contributed by atoms with van der Waals surface area (Å²) in [6, 6.07) is 5.67. The Bertz CT molecular complexity index is 611. The van der Waals surface area contributed by atoms with Crippen molar-refractivity contribution in [1.82, 2.24) is 0 Å². The smallest absolute Gasteiger partial charge is 0.229 e. The van der Waals surface area contributed by atoms with Gasteiger partial charge < -0.3 is 59.8 Å². The molecule has 2 saturated heterocycles. The number of aliphatic hydroxyl groups is 8. The van der Waals surface area contributed by atoms with Crippen LogP contribution in [0, 0.1) is 0 Å². The van der Waals surface area contributed by atoms with E-state index < -0.39 is 74.6 Å². The molecule has 2 aliphatic heterocycles. The molecule has 8 N–H and O–H groups in total. The first-order chi connectivity index (χ1) is 14.3. The van der Waals surface area contributed by atoms with Crippen molar-refractivity contribution in [3.8, 4) is 11.5 Å². The van der Waals surface area contributed by atoms with E-state index in [1.54, 1.807) is 0 Å². The van der Waals surface area contributed by atoms with Crippen molar-refractivity contribution in [3.05, 3.63) is 24.3 Å². The highest BCUT2D eigenvalue weighted by Crippen LogP contribution is 2.28. The lowest BCUT2D eigenvalue weighted by Gasteiger charge is -2.39. The summed E-state index contributed by atoms with van der Waals surface area (Å²) in [5.41, 5.74) is 0. The molecule has 1 aromatic carbocycles.